The number of halogens is 4. The van der Waals surface area contributed by atoms with Gasteiger partial charge in [-0.05, 0) is 24.3 Å². The third-order valence-electron chi connectivity index (χ3n) is 2.47. The van der Waals surface area contributed by atoms with E-state index in [0.717, 1.165) is 6.07 Å². The number of amides is 1. The molecular weight excluding hydrogens is 293 g/mol. The van der Waals surface area contributed by atoms with Crippen molar-refractivity contribution in [2.24, 2.45) is 0 Å². The largest absolute Gasteiger partial charge is 0.418 e. The minimum atomic E-state index is -4.54. The molecule has 2 aromatic rings. The van der Waals surface area contributed by atoms with E-state index in [0.29, 0.717) is 0 Å². The predicted molar refractivity (Wildman–Crippen MR) is 68.6 cm³/mol. The zero-order valence-electron chi connectivity index (χ0n) is 9.91. The van der Waals surface area contributed by atoms with Crippen LogP contribution in [0.5, 0.6) is 0 Å². The topological polar surface area (TPSA) is 42.0 Å². The summed E-state index contributed by atoms with van der Waals surface area (Å²) in [4.78, 5) is 15.5. The molecular formula is C13H8ClF3N2O. The molecule has 0 aliphatic rings. The van der Waals surface area contributed by atoms with Crippen molar-refractivity contribution in [3.63, 3.8) is 0 Å². The van der Waals surface area contributed by atoms with Crippen LogP contribution >= 0.6 is 11.6 Å². The smallest absolute Gasteiger partial charge is 0.321 e. The van der Waals surface area contributed by atoms with Gasteiger partial charge in [-0.3, -0.25) is 4.79 Å². The SMILES string of the molecule is O=C(Nc1ccccc1C(F)(F)F)c1ccc(Cl)nc1. The van der Waals surface area contributed by atoms with Crippen molar-refractivity contribution < 1.29 is 18.0 Å². The fourth-order valence-electron chi connectivity index (χ4n) is 1.54. The fourth-order valence-corrected chi connectivity index (χ4v) is 1.66. The Balaban J connectivity index is 2.26. The van der Waals surface area contributed by atoms with E-state index in [-0.39, 0.29) is 16.4 Å². The molecule has 0 fully saturated rings. The van der Waals surface area contributed by atoms with Gasteiger partial charge in [-0.25, -0.2) is 4.98 Å². The molecule has 0 aliphatic heterocycles. The van der Waals surface area contributed by atoms with E-state index in [9.17, 15) is 18.0 Å². The monoisotopic (exact) mass is 300 g/mol. The summed E-state index contributed by atoms with van der Waals surface area (Å²) in [5.74, 6) is -0.689. The molecule has 0 aliphatic carbocycles. The Morgan fingerprint density at radius 2 is 1.85 bits per heavy atom. The van der Waals surface area contributed by atoms with Crippen molar-refractivity contribution in [2.75, 3.05) is 5.32 Å². The molecule has 20 heavy (non-hydrogen) atoms. The first-order chi connectivity index (χ1) is 9.38. The molecule has 7 heteroatoms. The van der Waals surface area contributed by atoms with Gasteiger partial charge in [0.1, 0.15) is 5.15 Å². The molecule has 104 valence electrons. The molecule has 0 saturated heterocycles. The minimum Gasteiger partial charge on any atom is -0.321 e. The van der Waals surface area contributed by atoms with Crippen molar-refractivity contribution in [2.45, 2.75) is 6.18 Å². The molecule has 1 aromatic carbocycles. The number of benzene rings is 1. The Morgan fingerprint density at radius 1 is 1.15 bits per heavy atom. The molecule has 0 atom stereocenters. The zero-order chi connectivity index (χ0) is 14.8. The molecule has 0 unspecified atom stereocenters. The summed E-state index contributed by atoms with van der Waals surface area (Å²) in [6.07, 6.45) is -3.35. The van der Waals surface area contributed by atoms with Crippen molar-refractivity contribution in [3.8, 4) is 0 Å². The first kappa shape index (κ1) is 14.3. The Morgan fingerprint density at radius 3 is 2.45 bits per heavy atom. The number of nitrogens with one attached hydrogen (secondary N) is 1. The van der Waals surface area contributed by atoms with Crippen LogP contribution in [0.4, 0.5) is 18.9 Å². The van der Waals surface area contributed by atoms with Gasteiger partial charge in [0.15, 0.2) is 0 Å². The number of nitrogens with zero attached hydrogens (tertiary/aromatic N) is 1. The van der Waals surface area contributed by atoms with Crippen LogP contribution < -0.4 is 5.32 Å². The Labute approximate surface area is 117 Å². The van der Waals surface area contributed by atoms with Crippen molar-refractivity contribution in [1.29, 1.82) is 0 Å². The van der Waals surface area contributed by atoms with Crippen molar-refractivity contribution in [3.05, 3.63) is 58.9 Å². The first-order valence-corrected chi connectivity index (χ1v) is 5.85. The predicted octanol–water partition coefficient (Wildman–Crippen LogP) is 4.01. The van der Waals surface area contributed by atoms with Gasteiger partial charge < -0.3 is 5.32 Å². The highest BCUT2D eigenvalue weighted by molar-refractivity contribution is 6.29. The lowest BCUT2D eigenvalue weighted by Crippen LogP contribution is -2.16. The van der Waals surface area contributed by atoms with Crippen molar-refractivity contribution in [1.82, 2.24) is 4.98 Å². The van der Waals surface area contributed by atoms with E-state index in [4.69, 9.17) is 11.6 Å². The second-order valence-electron chi connectivity index (χ2n) is 3.87. The van der Waals surface area contributed by atoms with Gasteiger partial charge in [-0.2, -0.15) is 13.2 Å². The number of anilines is 1. The van der Waals surface area contributed by atoms with Gasteiger partial charge in [0.2, 0.25) is 0 Å². The quantitative estimate of drug-likeness (QED) is 0.852. The fraction of sp³-hybridized carbons (Fsp3) is 0.0769. The summed E-state index contributed by atoms with van der Waals surface area (Å²) >= 11 is 5.57. The van der Waals surface area contributed by atoms with Gasteiger partial charge in [-0.15, -0.1) is 0 Å². The van der Waals surface area contributed by atoms with Crippen molar-refractivity contribution >= 4 is 23.2 Å². The van der Waals surface area contributed by atoms with E-state index >= 15 is 0 Å². The molecule has 3 nitrogen and oxygen atoms in total. The average molecular weight is 301 g/mol. The van der Waals surface area contributed by atoms with E-state index in [2.05, 4.69) is 10.3 Å². The summed E-state index contributed by atoms with van der Waals surface area (Å²) in [5.41, 5.74) is -1.10. The number of hydrogen-bond donors (Lipinski definition) is 1. The van der Waals surface area contributed by atoms with Crippen LogP contribution in [0.1, 0.15) is 15.9 Å². The van der Waals surface area contributed by atoms with Crippen LogP contribution in [-0.2, 0) is 6.18 Å². The highest BCUT2D eigenvalue weighted by Gasteiger charge is 2.33. The summed E-state index contributed by atoms with van der Waals surface area (Å²) in [6.45, 7) is 0. The van der Waals surface area contributed by atoms with Gasteiger partial charge in [0, 0.05) is 6.20 Å². The Kier molecular flexibility index (Phi) is 3.94. The highest BCUT2D eigenvalue weighted by Crippen LogP contribution is 2.34. The Hall–Kier alpha value is -2.08. The lowest BCUT2D eigenvalue weighted by atomic mass is 10.1. The summed E-state index contributed by atoms with van der Waals surface area (Å²) in [5, 5.41) is 2.40. The molecule has 2 rings (SSSR count). The normalized spacial score (nSPS) is 11.2. The van der Waals surface area contributed by atoms with Crippen LogP contribution in [-0.4, -0.2) is 10.9 Å². The second kappa shape index (κ2) is 5.50. The molecule has 0 radical (unpaired) electrons. The first-order valence-electron chi connectivity index (χ1n) is 5.47. The zero-order valence-corrected chi connectivity index (χ0v) is 10.7. The molecule has 1 aromatic heterocycles. The summed E-state index contributed by atoms with van der Waals surface area (Å²) < 4.78 is 38.3. The number of alkyl halides is 3. The maximum atomic E-state index is 12.8. The molecule has 1 heterocycles. The number of hydrogen-bond acceptors (Lipinski definition) is 2. The van der Waals surface area contributed by atoms with Crippen LogP contribution in [0.25, 0.3) is 0 Å². The third-order valence-corrected chi connectivity index (χ3v) is 2.69. The molecule has 0 bridgehead atoms. The number of carbonyl (C=O) groups is 1. The summed E-state index contributed by atoms with van der Waals surface area (Å²) in [6, 6.07) is 7.50. The molecule has 1 N–H and O–H groups in total. The molecule has 0 spiro atoms. The standard InChI is InChI=1S/C13H8ClF3N2O/c14-11-6-5-8(7-18-11)12(20)19-10-4-2-1-3-9(10)13(15,16)17/h1-7H,(H,19,20). The number of rotatable bonds is 2. The van der Waals surface area contributed by atoms with Gasteiger partial charge >= 0.3 is 6.18 Å². The van der Waals surface area contributed by atoms with Gasteiger partial charge in [0.25, 0.3) is 5.91 Å². The molecule has 1 amide bonds. The van der Waals surface area contributed by atoms with Crippen LogP contribution in [0.15, 0.2) is 42.6 Å². The van der Waals surface area contributed by atoms with E-state index < -0.39 is 17.6 Å². The second-order valence-corrected chi connectivity index (χ2v) is 4.25. The van der Waals surface area contributed by atoms with E-state index in [1.807, 2.05) is 0 Å². The average Bonchev–Trinajstić information content (AvgIpc) is 2.38. The maximum Gasteiger partial charge on any atom is 0.418 e. The van der Waals surface area contributed by atoms with Gasteiger partial charge in [0.05, 0.1) is 16.8 Å². The number of pyridine rings is 1. The van der Waals surface area contributed by atoms with Crippen LogP contribution in [0, 0.1) is 0 Å². The van der Waals surface area contributed by atoms with Crippen LogP contribution in [0.3, 0.4) is 0 Å². The number of aromatic nitrogens is 1. The minimum absolute atomic E-state index is 0.117. The van der Waals surface area contributed by atoms with E-state index in [1.54, 1.807) is 0 Å². The lowest BCUT2D eigenvalue weighted by molar-refractivity contribution is -0.136. The number of para-hydroxylation sites is 1. The lowest BCUT2D eigenvalue weighted by Gasteiger charge is -2.13. The maximum absolute atomic E-state index is 12.8. The summed E-state index contributed by atoms with van der Waals surface area (Å²) in [7, 11) is 0. The Bertz CT molecular complexity index is 626. The molecule has 0 saturated carbocycles. The third kappa shape index (κ3) is 3.27. The van der Waals surface area contributed by atoms with E-state index in [1.165, 1.54) is 36.5 Å². The van der Waals surface area contributed by atoms with Crippen LogP contribution in [0.2, 0.25) is 5.15 Å². The van der Waals surface area contributed by atoms with Gasteiger partial charge in [-0.1, -0.05) is 23.7 Å². The number of carbonyl (C=O) groups excluding carboxylic acids is 1. The highest BCUT2D eigenvalue weighted by atomic mass is 35.5.